The fourth-order valence-corrected chi connectivity index (χ4v) is 3.36. The number of rotatable bonds is 3. The smallest absolute Gasteiger partial charge is 0.237 e. The quantitative estimate of drug-likeness (QED) is 0.731. The number of nitrogens with zero attached hydrogens (tertiary/aromatic N) is 3. The van der Waals surface area contributed by atoms with Gasteiger partial charge in [0.2, 0.25) is 6.29 Å². The second kappa shape index (κ2) is 5.91. The number of pyridine rings is 1. The van der Waals surface area contributed by atoms with Crippen LogP contribution in [0.1, 0.15) is 23.6 Å². The van der Waals surface area contributed by atoms with Crippen LogP contribution >= 0.6 is 0 Å². The van der Waals surface area contributed by atoms with Gasteiger partial charge in [0.1, 0.15) is 17.8 Å². The van der Waals surface area contributed by atoms with Gasteiger partial charge in [-0.1, -0.05) is 0 Å². The Morgan fingerprint density at radius 2 is 2.04 bits per heavy atom. The van der Waals surface area contributed by atoms with Crippen molar-refractivity contribution in [2.75, 3.05) is 11.4 Å². The molecule has 1 aromatic carbocycles. The molecule has 1 saturated heterocycles. The first-order valence-electron chi connectivity index (χ1n) is 7.78. The van der Waals surface area contributed by atoms with Crippen molar-refractivity contribution in [3.05, 3.63) is 65.5 Å². The lowest BCUT2D eigenvalue weighted by molar-refractivity contribution is 0.356. The van der Waals surface area contributed by atoms with Crippen molar-refractivity contribution in [3.63, 3.8) is 0 Å². The Hall–Kier alpha value is -2.83. The van der Waals surface area contributed by atoms with E-state index in [9.17, 15) is 18.0 Å². The van der Waals surface area contributed by atoms with Crippen LogP contribution in [0.25, 0.3) is 5.52 Å². The zero-order chi connectivity index (χ0) is 17.6. The maximum atomic E-state index is 14.2. The molecule has 0 spiro atoms. The number of hydrogen-bond acceptors (Lipinski definition) is 3. The molecule has 1 aliphatic rings. The zero-order valence-electron chi connectivity index (χ0n) is 13.0. The number of halogens is 3. The molecule has 1 fully saturated rings. The summed E-state index contributed by atoms with van der Waals surface area (Å²) in [5, 5.41) is 4.03. The molecular formula is C18H13F3N3O. The molecular weight excluding hydrogens is 331 g/mol. The SMILES string of the molecule is O=[C]c1cnn2ccc(N3C[C@@H](F)C[C@@H]3c3cc(F)ccc3F)cc12. The van der Waals surface area contributed by atoms with E-state index in [4.69, 9.17) is 0 Å². The van der Waals surface area contributed by atoms with Crippen molar-refractivity contribution in [2.24, 2.45) is 0 Å². The van der Waals surface area contributed by atoms with Gasteiger partial charge < -0.3 is 4.90 Å². The fraction of sp³-hybridized carbons (Fsp3) is 0.222. The van der Waals surface area contributed by atoms with Crippen LogP contribution in [0.2, 0.25) is 0 Å². The van der Waals surface area contributed by atoms with E-state index in [-0.39, 0.29) is 24.1 Å². The molecule has 127 valence electrons. The van der Waals surface area contributed by atoms with Crippen molar-refractivity contribution in [1.82, 2.24) is 9.61 Å². The minimum atomic E-state index is -1.16. The number of alkyl halides is 1. The van der Waals surface area contributed by atoms with Gasteiger partial charge in [0.25, 0.3) is 0 Å². The van der Waals surface area contributed by atoms with Gasteiger partial charge in [-0.05, 0) is 30.3 Å². The van der Waals surface area contributed by atoms with E-state index in [1.54, 1.807) is 29.5 Å². The van der Waals surface area contributed by atoms with Crippen LogP contribution in [0, 0.1) is 11.6 Å². The number of carbonyl (C=O) groups excluding carboxylic acids is 1. The number of fused-ring (bicyclic) bond motifs is 1. The van der Waals surface area contributed by atoms with Crippen LogP contribution in [-0.2, 0) is 4.79 Å². The third kappa shape index (κ3) is 2.65. The molecule has 0 saturated carbocycles. The van der Waals surface area contributed by atoms with Crippen LogP contribution in [0.3, 0.4) is 0 Å². The highest BCUT2D eigenvalue weighted by molar-refractivity contribution is 5.87. The Kier molecular flexibility index (Phi) is 3.71. The van der Waals surface area contributed by atoms with E-state index >= 15 is 0 Å². The van der Waals surface area contributed by atoms with Crippen molar-refractivity contribution in [2.45, 2.75) is 18.6 Å². The zero-order valence-corrected chi connectivity index (χ0v) is 13.0. The highest BCUT2D eigenvalue weighted by Crippen LogP contribution is 2.39. The Morgan fingerprint density at radius 3 is 2.84 bits per heavy atom. The highest BCUT2D eigenvalue weighted by atomic mass is 19.1. The molecule has 4 nitrogen and oxygen atoms in total. The minimum absolute atomic E-state index is 0.0606. The van der Waals surface area contributed by atoms with Crippen LogP contribution in [0.5, 0.6) is 0 Å². The molecule has 0 amide bonds. The van der Waals surface area contributed by atoms with E-state index in [1.165, 1.54) is 10.7 Å². The van der Waals surface area contributed by atoms with Crippen LogP contribution in [0.4, 0.5) is 18.9 Å². The van der Waals surface area contributed by atoms with Gasteiger partial charge in [-0.15, -0.1) is 0 Å². The third-order valence-electron chi connectivity index (χ3n) is 4.51. The maximum Gasteiger partial charge on any atom is 0.237 e. The maximum absolute atomic E-state index is 14.2. The monoisotopic (exact) mass is 344 g/mol. The summed E-state index contributed by atoms with van der Waals surface area (Å²) in [5.41, 5.74) is 1.54. The van der Waals surface area contributed by atoms with Gasteiger partial charge in [0.05, 0.1) is 23.3 Å². The van der Waals surface area contributed by atoms with E-state index in [0.29, 0.717) is 11.2 Å². The molecule has 2 atom stereocenters. The summed E-state index contributed by atoms with van der Waals surface area (Å²) in [7, 11) is 0. The molecule has 25 heavy (non-hydrogen) atoms. The predicted octanol–water partition coefficient (Wildman–Crippen LogP) is 3.36. The summed E-state index contributed by atoms with van der Waals surface area (Å²) in [4.78, 5) is 12.7. The molecule has 2 aromatic heterocycles. The normalized spacial score (nSPS) is 20.4. The summed E-state index contributed by atoms with van der Waals surface area (Å²) < 4.78 is 43.3. The van der Waals surface area contributed by atoms with Crippen LogP contribution in [0.15, 0.2) is 42.7 Å². The molecule has 0 aliphatic carbocycles. The molecule has 0 N–H and O–H groups in total. The van der Waals surface area contributed by atoms with Crippen molar-refractivity contribution < 1.29 is 18.0 Å². The lowest BCUT2D eigenvalue weighted by Gasteiger charge is -2.27. The van der Waals surface area contributed by atoms with Crippen molar-refractivity contribution in [3.8, 4) is 0 Å². The first-order valence-corrected chi connectivity index (χ1v) is 7.78. The predicted molar refractivity (Wildman–Crippen MR) is 85.9 cm³/mol. The lowest BCUT2D eigenvalue weighted by Crippen LogP contribution is -2.24. The summed E-state index contributed by atoms with van der Waals surface area (Å²) in [5.74, 6) is -1.14. The number of aromatic nitrogens is 2. The van der Waals surface area contributed by atoms with Gasteiger partial charge in [0.15, 0.2) is 0 Å². The lowest BCUT2D eigenvalue weighted by atomic mass is 10.0. The highest BCUT2D eigenvalue weighted by Gasteiger charge is 2.35. The second-order valence-electron chi connectivity index (χ2n) is 6.04. The van der Waals surface area contributed by atoms with Crippen LogP contribution in [-0.4, -0.2) is 28.6 Å². The van der Waals surface area contributed by atoms with E-state index in [1.807, 2.05) is 0 Å². The molecule has 3 heterocycles. The first-order chi connectivity index (χ1) is 12.1. The van der Waals surface area contributed by atoms with Crippen molar-refractivity contribution in [1.29, 1.82) is 0 Å². The van der Waals surface area contributed by atoms with Crippen molar-refractivity contribution >= 4 is 17.5 Å². The third-order valence-corrected chi connectivity index (χ3v) is 4.51. The number of benzene rings is 1. The summed E-state index contributed by atoms with van der Waals surface area (Å²) in [6.45, 7) is 0.0606. The summed E-state index contributed by atoms with van der Waals surface area (Å²) >= 11 is 0. The molecule has 4 rings (SSSR count). The molecule has 0 unspecified atom stereocenters. The van der Waals surface area contributed by atoms with Gasteiger partial charge in [-0.3, -0.25) is 4.79 Å². The van der Waals surface area contributed by atoms with Gasteiger partial charge in [-0.2, -0.15) is 5.10 Å². The molecule has 0 bridgehead atoms. The standard InChI is InChI=1S/C18H13F3N3O/c19-12-1-2-16(21)15(5-12)18-6-13(20)9-23(18)14-3-4-24-17(7-14)11(10-25)8-22-24/h1-5,7-8,13,18H,6,9H2/t13-,18+/m0/s1. The summed E-state index contributed by atoms with van der Waals surface area (Å²) in [6, 6.07) is 5.95. The molecule has 1 radical (unpaired) electrons. The first kappa shape index (κ1) is 15.7. The average molecular weight is 344 g/mol. The second-order valence-corrected chi connectivity index (χ2v) is 6.04. The molecule has 1 aliphatic heterocycles. The van der Waals surface area contributed by atoms with Gasteiger partial charge in [0, 0.05) is 30.4 Å². The Labute approximate surface area is 141 Å². The topological polar surface area (TPSA) is 37.6 Å². The summed E-state index contributed by atoms with van der Waals surface area (Å²) in [6.07, 6.45) is 3.73. The van der Waals surface area contributed by atoms with E-state index in [0.717, 1.165) is 18.2 Å². The molecule has 3 aromatic rings. The minimum Gasteiger partial charge on any atom is -0.361 e. The van der Waals surface area contributed by atoms with Crippen LogP contribution < -0.4 is 4.90 Å². The van der Waals surface area contributed by atoms with E-state index in [2.05, 4.69) is 5.10 Å². The fourth-order valence-electron chi connectivity index (χ4n) is 3.36. The van der Waals surface area contributed by atoms with Gasteiger partial charge >= 0.3 is 0 Å². The molecule has 7 heteroatoms. The average Bonchev–Trinajstić information content (AvgIpc) is 3.19. The number of hydrogen-bond donors (Lipinski definition) is 0. The Bertz CT molecular complexity index is 956. The number of anilines is 1. The van der Waals surface area contributed by atoms with E-state index < -0.39 is 23.8 Å². The van der Waals surface area contributed by atoms with Gasteiger partial charge in [-0.25, -0.2) is 17.7 Å². The largest absolute Gasteiger partial charge is 0.361 e. The Balaban J connectivity index is 1.79. The Morgan fingerprint density at radius 1 is 1.20 bits per heavy atom.